The second-order valence-electron chi connectivity index (χ2n) is 7.00. The number of hydrogen-bond acceptors (Lipinski definition) is 4. The Morgan fingerprint density at radius 1 is 1.19 bits per heavy atom. The monoisotopic (exact) mass is 466 g/mol. The first-order valence-electron chi connectivity index (χ1n) is 9.87. The lowest BCUT2D eigenvalue weighted by molar-refractivity contribution is -0.116. The van der Waals surface area contributed by atoms with Gasteiger partial charge in [-0.05, 0) is 36.4 Å². The number of imidazole rings is 1. The minimum Gasteiger partial charge on any atom is -0.331 e. The van der Waals surface area contributed by atoms with Crippen molar-refractivity contribution < 1.29 is 17.6 Å². The normalized spacial score (nSPS) is 11.9. The molecule has 3 aromatic rings. The van der Waals surface area contributed by atoms with E-state index in [1.165, 1.54) is 16.4 Å². The second kappa shape index (κ2) is 9.33. The lowest BCUT2D eigenvalue weighted by atomic mass is 10.2. The van der Waals surface area contributed by atoms with E-state index < -0.39 is 15.8 Å². The number of fused-ring (bicyclic) bond motifs is 1. The number of benzene rings is 2. The van der Waals surface area contributed by atoms with Gasteiger partial charge in [-0.3, -0.25) is 4.79 Å². The number of aromatic nitrogens is 2. The van der Waals surface area contributed by atoms with E-state index in [0.29, 0.717) is 36.5 Å². The standard InChI is InChI=1S/C21H24ClFN4O3S/c1-4-27(5-2)31(29,30)15-7-9-19-18(13-15)25-20(26(19)3)10-11-21(28)24-14-6-8-16(22)17(23)12-14/h6-9,12-13H,4-5,10-11H2,1-3H3,(H,24,28). The first-order chi connectivity index (χ1) is 14.7. The minimum atomic E-state index is -3.58. The molecule has 0 spiro atoms. The predicted octanol–water partition coefficient (Wildman–Crippen LogP) is 3.97. The van der Waals surface area contributed by atoms with E-state index in [1.807, 2.05) is 11.6 Å². The van der Waals surface area contributed by atoms with Crippen molar-refractivity contribution in [2.24, 2.45) is 7.05 Å². The summed E-state index contributed by atoms with van der Waals surface area (Å²) in [6, 6.07) is 8.91. The van der Waals surface area contributed by atoms with Crippen LogP contribution in [-0.4, -0.2) is 41.3 Å². The second-order valence-corrected chi connectivity index (χ2v) is 9.35. The number of carbonyl (C=O) groups is 1. The van der Waals surface area contributed by atoms with Gasteiger partial charge < -0.3 is 9.88 Å². The predicted molar refractivity (Wildman–Crippen MR) is 119 cm³/mol. The van der Waals surface area contributed by atoms with E-state index in [2.05, 4.69) is 10.3 Å². The third-order valence-electron chi connectivity index (χ3n) is 5.07. The van der Waals surface area contributed by atoms with Crippen molar-refractivity contribution >= 4 is 44.3 Å². The summed E-state index contributed by atoms with van der Waals surface area (Å²) >= 11 is 5.65. The van der Waals surface area contributed by atoms with Crippen LogP contribution in [0.3, 0.4) is 0 Å². The molecule has 7 nitrogen and oxygen atoms in total. The number of amides is 1. The van der Waals surface area contributed by atoms with Crippen LogP contribution >= 0.6 is 11.6 Å². The van der Waals surface area contributed by atoms with Gasteiger partial charge in [0.1, 0.15) is 11.6 Å². The summed E-state index contributed by atoms with van der Waals surface area (Å²) in [6.45, 7) is 4.36. The molecule has 2 aromatic carbocycles. The molecule has 3 rings (SSSR count). The van der Waals surface area contributed by atoms with E-state index >= 15 is 0 Å². The van der Waals surface area contributed by atoms with Gasteiger partial charge in [-0.2, -0.15) is 4.31 Å². The number of nitrogens with one attached hydrogen (secondary N) is 1. The number of anilines is 1. The molecule has 0 aliphatic carbocycles. The molecule has 0 aliphatic heterocycles. The average Bonchev–Trinajstić information content (AvgIpc) is 3.05. The molecule has 0 fully saturated rings. The molecule has 1 N–H and O–H groups in total. The number of aryl methyl sites for hydroxylation is 2. The van der Waals surface area contributed by atoms with Gasteiger partial charge >= 0.3 is 0 Å². The lowest BCUT2D eigenvalue weighted by Crippen LogP contribution is -2.30. The first-order valence-corrected chi connectivity index (χ1v) is 11.7. The Bertz CT molecular complexity index is 1220. The molecule has 1 heterocycles. The van der Waals surface area contributed by atoms with E-state index in [4.69, 9.17) is 11.6 Å². The third kappa shape index (κ3) is 4.89. The number of nitrogens with zero attached hydrogens (tertiary/aromatic N) is 3. The smallest absolute Gasteiger partial charge is 0.243 e. The molecule has 166 valence electrons. The Balaban J connectivity index is 1.76. The molecule has 1 aromatic heterocycles. The van der Waals surface area contributed by atoms with Crippen LogP contribution in [0, 0.1) is 5.82 Å². The van der Waals surface area contributed by atoms with Gasteiger partial charge in [0.25, 0.3) is 0 Å². The Morgan fingerprint density at radius 2 is 1.90 bits per heavy atom. The van der Waals surface area contributed by atoms with Gasteiger partial charge in [-0.15, -0.1) is 0 Å². The number of hydrogen-bond donors (Lipinski definition) is 1. The van der Waals surface area contributed by atoms with Crippen LogP contribution in [0.15, 0.2) is 41.3 Å². The van der Waals surface area contributed by atoms with Crippen molar-refractivity contribution in [2.75, 3.05) is 18.4 Å². The fourth-order valence-electron chi connectivity index (χ4n) is 3.35. The van der Waals surface area contributed by atoms with Crippen molar-refractivity contribution in [2.45, 2.75) is 31.6 Å². The van der Waals surface area contributed by atoms with Crippen LogP contribution in [0.2, 0.25) is 5.02 Å². The van der Waals surface area contributed by atoms with Gasteiger partial charge in [-0.1, -0.05) is 25.4 Å². The molecule has 0 saturated carbocycles. The van der Waals surface area contributed by atoms with Gasteiger partial charge in [0.15, 0.2) is 0 Å². The summed E-state index contributed by atoms with van der Waals surface area (Å²) in [5, 5.41) is 2.61. The molecule has 0 saturated heterocycles. The highest BCUT2D eigenvalue weighted by Gasteiger charge is 2.22. The Morgan fingerprint density at radius 3 is 2.55 bits per heavy atom. The maximum atomic E-state index is 13.5. The molecule has 31 heavy (non-hydrogen) atoms. The average molecular weight is 467 g/mol. The Kier molecular flexibility index (Phi) is 6.98. The maximum absolute atomic E-state index is 13.5. The topological polar surface area (TPSA) is 84.3 Å². The summed E-state index contributed by atoms with van der Waals surface area (Å²) in [5.41, 5.74) is 1.64. The van der Waals surface area contributed by atoms with E-state index in [9.17, 15) is 17.6 Å². The zero-order chi connectivity index (χ0) is 22.8. The molecule has 0 aliphatic rings. The fourth-order valence-corrected chi connectivity index (χ4v) is 4.94. The van der Waals surface area contributed by atoms with E-state index in [-0.39, 0.29) is 22.2 Å². The lowest BCUT2D eigenvalue weighted by Gasteiger charge is -2.18. The highest BCUT2D eigenvalue weighted by atomic mass is 35.5. The van der Waals surface area contributed by atoms with Gasteiger partial charge in [-0.25, -0.2) is 17.8 Å². The third-order valence-corrected chi connectivity index (χ3v) is 7.42. The van der Waals surface area contributed by atoms with Crippen molar-refractivity contribution in [1.82, 2.24) is 13.9 Å². The summed E-state index contributed by atoms with van der Waals surface area (Å²) in [6.07, 6.45) is 0.469. The molecule has 0 unspecified atom stereocenters. The number of sulfonamides is 1. The SMILES string of the molecule is CCN(CC)S(=O)(=O)c1ccc2c(c1)nc(CCC(=O)Nc1ccc(Cl)c(F)c1)n2C. The molecule has 0 atom stereocenters. The van der Waals surface area contributed by atoms with Crippen LogP contribution in [0.1, 0.15) is 26.1 Å². The van der Waals surface area contributed by atoms with Gasteiger partial charge in [0.2, 0.25) is 15.9 Å². The number of carbonyl (C=O) groups excluding carboxylic acids is 1. The highest BCUT2D eigenvalue weighted by Crippen LogP contribution is 2.23. The van der Waals surface area contributed by atoms with Crippen molar-refractivity contribution in [1.29, 1.82) is 0 Å². The zero-order valence-corrected chi connectivity index (χ0v) is 19.1. The molecule has 1 amide bonds. The molecule has 10 heteroatoms. The van der Waals surface area contributed by atoms with E-state index in [1.54, 1.807) is 32.0 Å². The molecule has 0 radical (unpaired) electrons. The first kappa shape index (κ1) is 23.2. The van der Waals surface area contributed by atoms with Crippen molar-refractivity contribution in [3.63, 3.8) is 0 Å². The summed E-state index contributed by atoms with van der Waals surface area (Å²) < 4.78 is 42.3. The van der Waals surface area contributed by atoms with Crippen LogP contribution in [-0.2, 0) is 28.3 Å². The van der Waals surface area contributed by atoms with Crippen LogP contribution < -0.4 is 5.32 Å². The number of halogens is 2. The van der Waals surface area contributed by atoms with Gasteiger partial charge in [0, 0.05) is 38.7 Å². The summed E-state index contributed by atoms with van der Waals surface area (Å²) in [5.74, 6) is -0.256. The Hall–Kier alpha value is -2.49. The van der Waals surface area contributed by atoms with Crippen molar-refractivity contribution in [3.05, 3.63) is 53.1 Å². The highest BCUT2D eigenvalue weighted by molar-refractivity contribution is 7.89. The minimum absolute atomic E-state index is 0.0138. The summed E-state index contributed by atoms with van der Waals surface area (Å²) in [7, 11) is -1.77. The maximum Gasteiger partial charge on any atom is 0.243 e. The fraction of sp³-hybridized carbons (Fsp3) is 0.333. The van der Waals surface area contributed by atoms with Crippen LogP contribution in [0.25, 0.3) is 11.0 Å². The van der Waals surface area contributed by atoms with Crippen LogP contribution in [0.4, 0.5) is 10.1 Å². The number of rotatable bonds is 8. The molecular formula is C21H24ClFN4O3S. The van der Waals surface area contributed by atoms with E-state index in [0.717, 1.165) is 11.6 Å². The zero-order valence-electron chi connectivity index (χ0n) is 17.5. The van der Waals surface area contributed by atoms with Crippen LogP contribution in [0.5, 0.6) is 0 Å². The van der Waals surface area contributed by atoms with Gasteiger partial charge in [0.05, 0.1) is 21.0 Å². The quantitative estimate of drug-likeness (QED) is 0.544. The van der Waals surface area contributed by atoms with Crippen molar-refractivity contribution in [3.8, 4) is 0 Å². The Labute approximate surface area is 185 Å². The summed E-state index contributed by atoms with van der Waals surface area (Å²) in [4.78, 5) is 17.0. The molecule has 0 bridgehead atoms. The molecular weight excluding hydrogens is 443 g/mol. The largest absolute Gasteiger partial charge is 0.331 e.